The quantitative estimate of drug-likeness (QED) is 0.763. The third-order valence-electron chi connectivity index (χ3n) is 3.60. The van der Waals surface area contributed by atoms with Crippen LogP contribution in [0.1, 0.15) is 48.4 Å². The maximum atomic E-state index is 10.5. The van der Waals surface area contributed by atoms with Crippen LogP contribution in [-0.4, -0.2) is 16.2 Å². The van der Waals surface area contributed by atoms with Crippen molar-refractivity contribution in [1.82, 2.24) is 0 Å². The van der Waals surface area contributed by atoms with Gasteiger partial charge in [-0.3, -0.25) is 4.79 Å². The fraction of sp³-hybridized carbons (Fsp3) is 0.500. The summed E-state index contributed by atoms with van der Waals surface area (Å²) in [6.07, 6.45) is 4.53. The highest BCUT2D eigenvalue weighted by Gasteiger charge is 2.19. The number of benzene rings is 1. The van der Waals surface area contributed by atoms with Crippen molar-refractivity contribution in [2.45, 2.75) is 44.6 Å². The van der Waals surface area contributed by atoms with E-state index in [9.17, 15) is 9.90 Å². The number of aliphatic carboxylic acids is 1. The minimum Gasteiger partial charge on any atom is -0.507 e. The molecule has 0 radical (unpaired) electrons. The summed E-state index contributed by atoms with van der Waals surface area (Å²) in [7, 11) is 0. The molecule has 98 valence electrons. The summed E-state index contributed by atoms with van der Waals surface area (Å²) < 4.78 is 0. The summed E-state index contributed by atoms with van der Waals surface area (Å²) >= 11 is 0. The van der Waals surface area contributed by atoms with E-state index in [1.807, 2.05) is 12.1 Å². The van der Waals surface area contributed by atoms with Gasteiger partial charge in [0.05, 0.1) is 0 Å². The molecular formula is C14H19NO3. The number of carboxylic acid groups (broad SMARTS) is 1. The van der Waals surface area contributed by atoms with Gasteiger partial charge in [-0.05, 0) is 43.2 Å². The van der Waals surface area contributed by atoms with Gasteiger partial charge in [-0.15, -0.1) is 0 Å². The van der Waals surface area contributed by atoms with Crippen molar-refractivity contribution < 1.29 is 15.0 Å². The molecular weight excluding hydrogens is 230 g/mol. The highest BCUT2D eigenvalue weighted by molar-refractivity contribution is 5.66. The first-order valence-electron chi connectivity index (χ1n) is 6.40. The molecule has 0 aromatic heterocycles. The number of carbonyl (C=O) groups is 1. The lowest BCUT2D eigenvalue weighted by Crippen LogP contribution is -2.14. The van der Waals surface area contributed by atoms with Crippen LogP contribution in [0.5, 0.6) is 5.75 Å². The van der Waals surface area contributed by atoms with E-state index in [-0.39, 0.29) is 12.2 Å². The second-order valence-electron chi connectivity index (χ2n) is 4.89. The zero-order chi connectivity index (χ0) is 13.1. The summed E-state index contributed by atoms with van der Waals surface area (Å²) in [5.41, 5.74) is 8.84. The fourth-order valence-electron chi connectivity index (χ4n) is 2.56. The molecule has 0 heterocycles. The van der Waals surface area contributed by atoms with Crippen molar-refractivity contribution >= 4 is 5.97 Å². The Morgan fingerprint density at radius 1 is 1.33 bits per heavy atom. The second-order valence-corrected chi connectivity index (χ2v) is 4.89. The fourth-order valence-corrected chi connectivity index (χ4v) is 2.56. The molecule has 1 aromatic rings. The number of rotatable bonds is 4. The van der Waals surface area contributed by atoms with E-state index in [0.29, 0.717) is 12.0 Å². The van der Waals surface area contributed by atoms with E-state index < -0.39 is 12.0 Å². The molecule has 1 unspecified atom stereocenters. The molecule has 1 aliphatic rings. The molecule has 0 bridgehead atoms. The number of nitrogens with two attached hydrogens (primary N) is 1. The Kier molecular flexibility index (Phi) is 3.87. The van der Waals surface area contributed by atoms with E-state index in [1.165, 1.54) is 5.56 Å². The average molecular weight is 249 g/mol. The molecule has 2 rings (SSSR count). The molecule has 0 spiro atoms. The predicted molar refractivity (Wildman–Crippen MR) is 68.5 cm³/mol. The lowest BCUT2D eigenvalue weighted by molar-refractivity contribution is -0.137. The molecule has 1 atom stereocenters. The van der Waals surface area contributed by atoms with Crippen LogP contribution in [0.25, 0.3) is 0 Å². The van der Waals surface area contributed by atoms with Gasteiger partial charge < -0.3 is 15.9 Å². The molecule has 0 amide bonds. The topological polar surface area (TPSA) is 83.6 Å². The van der Waals surface area contributed by atoms with E-state index in [2.05, 4.69) is 0 Å². The molecule has 0 saturated carbocycles. The number of phenolic OH excluding ortho intramolecular Hbond substituents is 1. The Morgan fingerprint density at radius 2 is 2.06 bits per heavy atom. The van der Waals surface area contributed by atoms with Crippen molar-refractivity contribution in [3.05, 3.63) is 28.8 Å². The number of hydrogen-bond donors (Lipinski definition) is 3. The average Bonchev–Trinajstić information content (AvgIpc) is 2.37. The van der Waals surface area contributed by atoms with E-state index >= 15 is 0 Å². The summed E-state index contributed by atoms with van der Waals surface area (Å²) in [4.78, 5) is 10.5. The molecule has 0 fully saturated rings. The van der Waals surface area contributed by atoms with Crippen LogP contribution in [0.2, 0.25) is 0 Å². The first kappa shape index (κ1) is 12.9. The van der Waals surface area contributed by atoms with Gasteiger partial charge in [-0.25, -0.2) is 0 Å². The number of carboxylic acids is 1. The zero-order valence-corrected chi connectivity index (χ0v) is 10.4. The minimum absolute atomic E-state index is 0.0255. The Balaban J connectivity index is 2.20. The smallest absolute Gasteiger partial charge is 0.303 e. The van der Waals surface area contributed by atoms with Gasteiger partial charge >= 0.3 is 5.97 Å². The molecule has 0 saturated heterocycles. The number of fused-ring (bicyclic) bond motifs is 1. The van der Waals surface area contributed by atoms with Crippen molar-refractivity contribution in [2.75, 3.05) is 0 Å². The molecule has 4 N–H and O–H groups in total. The number of aryl methyl sites for hydroxylation is 1. The maximum Gasteiger partial charge on any atom is 0.303 e. The predicted octanol–water partition coefficient (Wildman–Crippen LogP) is 2.14. The minimum atomic E-state index is -0.858. The monoisotopic (exact) mass is 249 g/mol. The summed E-state index contributed by atoms with van der Waals surface area (Å²) in [5, 5.41) is 18.9. The van der Waals surface area contributed by atoms with Crippen molar-refractivity contribution in [3.63, 3.8) is 0 Å². The molecule has 0 aliphatic heterocycles. The summed E-state index contributed by atoms with van der Waals surface area (Å²) in [6, 6.07) is 3.45. The van der Waals surface area contributed by atoms with Gasteiger partial charge in [-0.2, -0.15) is 0 Å². The molecule has 18 heavy (non-hydrogen) atoms. The van der Waals surface area contributed by atoms with Crippen LogP contribution in [-0.2, 0) is 17.6 Å². The number of phenols is 1. The highest BCUT2D eigenvalue weighted by atomic mass is 16.4. The first-order chi connectivity index (χ1) is 8.59. The van der Waals surface area contributed by atoms with Crippen molar-refractivity contribution in [1.29, 1.82) is 0 Å². The third-order valence-corrected chi connectivity index (χ3v) is 3.60. The zero-order valence-electron chi connectivity index (χ0n) is 10.4. The van der Waals surface area contributed by atoms with E-state index in [4.69, 9.17) is 10.8 Å². The Bertz CT molecular complexity index is 457. The lowest BCUT2D eigenvalue weighted by atomic mass is 9.87. The van der Waals surface area contributed by atoms with Crippen LogP contribution in [0.15, 0.2) is 12.1 Å². The summed E-state index contributed by atoms with van der Waals surface area (Å²) in [5.74, 6) is -0.576. The normalized spacial score (nSPS) is 16.1. The van der Waals surface area contributed by atoms with E-state index in [1.54, 1.807) is 0 Å². The van der Waals surface area contributed by atoms with Crippen LogP contribution in [0.4, 0.5) is 0 Å². The van der Waals surface area contributed by atoms with Crippen LogP contribution in [0, 0.1) is 0 Å². The van der Waals surface area contributed by atoms with Gasteiger partial charge in [0.2, 0.25) is 0 Å². The largest absolute Gasteiger partial charge is 0.507 e. The standard InChI is InChI=1S/C14H19NO3/c15-12(7-8-13(16)17)11-6-5-9-3-1-2-4-10(9)14(11)18/h5-6,12,18H,1-4,7-8,15H2,(H,16,17). The lowest BCUT2D eigenvalue weighted by Gasteiger charge is -2.21. The Morgan fingerprint density at radius 3 is 2.78 bits per heavy atom. The SMILES string of the molecule is NC(CCC(=O)O)c1ccc2c(c1O)CCCC2. The van der Waals surface area contributed by atoms with Gasteiger partial charge in [0.25, 0.3) is 0 Å². The first-order valence-corrected chi connectivity index (χ1v) is 6.40. The van der Waals surface area contributed by atoms with Gasteiger partial charge in [0.1, 0.15) is 5.75 Å². The van der Waals surface area contributed by atoms with Gasteiger partial charge in [0, 0.05) is 18.0 Å². The molecule has 1 aromatic carbocycles. The van der Waals surface area contributed by atoms with Crippen molar-refractivity contribution in [2.24, 2.45) is 5.73 Å². The maximum absolute atomic E-state index is 10.5. The second kappa shape index (κ2) is 5.40. The van der Waals surface area contributed by atoms with Gasteiger partial charge in [0.15, 0.2) is 0 Å². The van der Waals surface area contributed by atoms with Crippen LogP contribution in [0.3, 0.4) is 0 Å². The number of aromatic hydroxyl groups is 1. The van der Waals surface area contributed by atoms with Crippen LogP contribution >= 0.6 is 0 Å². The third kappa shape index (κ3) is 2.64. The molecule has 4 heteroatoms. The Hall–Kier alpha value is -1.55. The molecule has 1 aliphatic carbocycles. The number of hydrogen-bond acceptors (Lipinski definition) is 3. The van der Waals surface area contributed by atoms with Crippen LogP contribution < -0.4 is 5.73 Å². The Labute approximate surface area is 106 Å². The van der Waals surface area contributed by atoms with E-state index in [0.717, 1.165) is 31.2 Å². The van der Waals surface area contributed by atoms with Crippen molar-refractivity contribution in [3.8, 4) is 5.75 Å². The molecule has 4 nitrogen and oxygen atoms in total. The highest BCUT2D eigenvalue weighted by Crippen LogP contribution is 2.35. The van der Waals surface area contributed by atoms with Gasteiger partial charge in [-0.1, -0.05) is 12.1 Å². The summed E-state index contributed by atoms with van der Waals surface area (Å²) in [6.45, 7) is 0.